The van der Waals surface area contributed by atoms with E-state index in [0.717, 1.165) is 42.7 Å². The highest BCUT2D eigenvalue weighted by atomic mass is 16.5. The standard InChI is InChI=1S/C18H26O3/c1-12(2)14-6-7-16(19)15(11-14)9-13-5-8-17(20-3)18(10-13)21-4/h5,8,10,12,14-15H,6-7,9,11H2,1-4H3. The molecule has 2 rings (SSSR count). The number of carbonyl (C=O) groups is 1. The molecule has 3 nitrogen and oxygen atoms in total. The largest absolute Gasteiger partial charge is 0.493 e. The first-order valence-corrected chi connectivity index (χ1v) is 7.78. The molecule has 21 heavy (non-hydrogen) atoms. The van der Waals surface area contributed by atoms with Crippen molar-refractivity contribution in [2.45, 2.75) is 39.5 Å². The summed E-state index contributed by atoms with van der Waals surface area (Å²) in [4.78, 5) is 12.2. The van der Waals surface area contributed by atoms with Crippen LogP contribution >= 0.6 is 0 Å². The van der Waals surface area contributed by atoms with Crippen LogP contribution in [0.5, 0.6) is 11.5 Å². The molecule has 1 aliphatic rings. The fourth-order valence-electron chi connectivity index (χ4n) is 3.24. The molecule has 1 aliphatic carbocycles. The predicted octanol–water partition coefficient (Wildman–Crippen LogP) is 3.89. The number of hydrogen-bond acceptors (Lipinski definition) is 3. The van der Waals surface area contributed by atoms with E-state index in [1.165, 1.54) is 0 Å². The average Bonchev–Trinajstić information content (AvgIpc) is 2.49. The minimum Gasteiger partial charge on any atom is -0.493 e. The van der Waals surface area contributed by atoms with Gasteiger partial charge in [-0.1, -0.05) is 19.9 Å². The van der Waals surface area contributed by atoms with Crippen molar-refractivity contribution in [1.82, 2.24) is 0 Å². The molecule has 116 valence electrons. The first kappa shape index (κ1) is 15.9. The lowest BCUT2D eigenvalue weighted by Crippen LogP contribution is -2.28. The van der Waals surface area contributed by atoms with Gasteiger partial charge in [-0.25, -0.2) is 0 Å². The number of benzene rings is 1. The second-order valence-corrected chi connectivity index (χ2v) is 6.34. The summed E-state index contributed by atoms with van der Waals surface area (Å²) in [5, 5.41) is 0. The van der Waals surface area contributed by atoms with Gasteiger partial charge in [0.25, 0.3) is 0 Å². The van der Waals surface area contributed by atoms with Crippen LogP contribution in [0, 0.1) is 17.8 Å². The highest BCUT2D eigenvalue weighted by molar-refractivity contribution is 5.82. The lowest BCUT2D eigenvalue weighted by Gasteiger charge is -2.30. The summed E-state index contributed by atoms with van der Waals surface area (Å²) in [6.45, 7) is 4.52. The molecule has 2 atom stereocenters. The Morgan fingerprint density at radius 1 is 1.19 bits per heavy atom. The van der Waals surface area contributed by atoms with Crippen LogP contribution in [0.1, 0.15) is 38.7 Å². The number of Topliss-reactive ketones (excluding diaryl/α,β-unsaturated/α-hetero) is 1. The maximum Gasteiger partial charge on any atom is 0.160 e. The lowest BCUT2D eigenvalue weighted by atomic mass is 9.73. The van der Waals surface area contributed by atoms with E-state index in [4.69, 9.17) is 9.47 Å². The van der Waals surface area contributed by atoms with Crippen LogP contribution in [-0.4, -0.2) is 20.0 Å². The number of ether oxygens (including phenoxy) is 2. The molecule has 0 aliphatic heterocycles. The van der Waals surface area contributed by atoms with Crippen molar-refractivity contribution in [3.8, 4) is 11.5 Å². The average molecular weight is 290 g/mol. The van der Waals surface area contributed by atoms with Gasteiger partial charge in [0.1, 0.15) is 5.78 Å². The van der Waals surface area contributed by atoms with Crippen molar-refractivity contribution in [2.24, 2.45) is 17.8 Å². The number of carbonyl (C=O) groups excluding carboxylic acids is 1. The summed E-state index contributed by atoms with van der Waals surface area (Å²) in [5.74, 6) is 3.37. The van der Waals surface area contributed by atoms with Crippen LogP contribution in [0.25, 0.3) is 0 Å². The van der Waals surface area contributed by atoms with Crippen LogP contribution in [-0.2, 0) is 11.2 Å². The molecule has 0 saturated heterocycles. The van der Waals surface area contributed by atoms with Gasteiger partial charge < -0.3 is 9.47 Å². The summed E-state index contributed by atoms with van der Waals surface area (Å²) in [6, 6.07) is 5.94. The predicted molar refractivity (Wildman–Crippen MR) is 83.9 cm³/mol. The maximum absolute atomic E-state index is 12.2. The van der Waals surface area contributed by atoms with E-state index >= 15 is 0 Å². The molecule has 1 fully saturated rings. The van der Waals surface area contributed by atoms with Crippen molar-refractivity contribution in [3.63, 3.8) is 0 Å². The normalized spacial score (nSPS) is 22.4. The molecule has 0 aromatic heterocycles. The second kappa shape index (κ2) is 6.97. The molecular formula is C18H26O3. The van der Waals surface area contributed by atoms with Gasteiger partial charge in [-0.3, -0.25) is 4.79 Å². The molecule has 0 spiro atoms. The van der Waals surface area contributed by atoms with Gasteiger partial charge in [0.05, 0.1) is 14.2 Å². The van der Waals surface area contributed by atoms with Crippen LogP contribution in [0.15, 0.2) is 18.2 Å². The van der Waals surface area contributed by atoms with E-state index in [2.05, 4.69) is 13.8 Å². The Morgan fingerprint density at radius 3 is 2.52 bits per heavy atom. The summed E-state index contributed by atoms with van der Waals surface area (Å²) < 4.78 is 10.6. The minimum absolute atomic E-state index is 0.157. The third-order valence-electron chi connectivity index (χ3n) is 4.68. The summed E-state index contributed by atoms with van der Waals surface area (Å²) >= 11 is 0. The molecule has 3 heteroatoms. The van der Waals surface area contributed by atoms with Gasteiger partial charge in [0.15, 0.2) is 11.5 Å². The Morgan fingerprint density at radius 2 is 1.90 bits per heavy atom. The molecule has 0 amide bonds. The fraction of sp³-hybridized carbons (Fsp3) is 0.611. The number of rotatable bonds is 5. The molecule has 0 bridgehead atoms. The molecule has 0 radical (unpaired) electrons. The highest BCUT2D eigenvalue weighted by Gasteiger charge is 2.30. The summed E-state index contributed by atoms with van der Waals surface area (Å²) in [6.07, 6.45) is 3.62. The topological polar surface area (TPSA) is 35.5 Å². The zero-order chi connectivity index (χ0) is 15.4. The van der Waals surface area contributed by atoms with Crippen molar-refractivity contribution in [2.75, 3.05) is 14.2 Å². The van der Waals surface area contributed by atoms with E-state index < -0.39 is 0 Å². The Labute approximate surface area is 127 Å². The van der Waals surface area contributed by atoms with Gasteiger partial charge in [-0.15, -0.1) is 0 Å². The van der Waals surface area contributed by atoms with E-state index in [-0.39, 0.29) is 5.92 Å². The van der Waals surface area contributed by atoms with Gasteiger partial charge >= 0.3 is 0 Å². The van der Waals surface area contributed by atoms with Crippen LogP contribution in [0.3, 0.4) is 0 Å². The first-order valence-electron chi connectivity index (χ1n) is 7.78. The Hall–Kier alpha value is -1.51. The summed E-state index contributed by atoms with van der Waals surface area (Å²) in [5.41, 5.74) is 1.15. The fourth-order valence-corrected chi connectivity index (χ4v) is 3.24. The van der Waals surface area contributed by atoms with E-state index in [0.29, 0.717) is 17.6 Å². The highest BCUT2D eigenvalue weighted by Crippen LogP contribution is 2.35. The van der Waals surface area contributed by atoms with Gasteiger partial charge in [-0.05, 0) is 48.8 Å². The molecule has 2 unspecified atom stereocenters. The number of methoxy groups -OCH3 is 2. The van der Waals surface area contributed by atoms with E-state index in [1.54, 1.807) is 14.2 Å². The van der Waals surface area contributed by atoms with Crippen LogP contribution < -0.4 is 9.47 Å². The quantitative estimate of drug-likeness (QED) is 0.825. The third-order valence-corrected chi connectivity index (χ3v) is 4.68. The molecule has 0 heterocycles. The molecule has 0 N–H and O–H groups in total. The molecular weight excluding hydrogens is 264 g/mol. The van der Waals surface area contributed by atoms with Gasteiger partial charge in [0, 0.05) is 12.3 Å². The Balaban J connectivity index is 2.11. The third kappa shape index (κ3) is 3.78. The number of hydrogen-bond donors (Lipinski definition) is 0. The Kier molecular flexibility index (Phi) is 5.27. The second-order valence-electron chi connectivity index (χ2n) is 6.34. The SMILES string of the molecule is COc1ccc(CC2CC(C(C)C)CCC2=O)cc1OC. The van der Waals surface area contributed by atoms with Crippen LogP contribution in [0.4, 0.5) is 0 Å². The van der Waals surface area contributed by atoms with E-state index in [1.807, 2.05) is 18.2 Å². The minimum atomic E-state index is 0.157. The van der Waals surface area contributed by atoms with Gasteiger partial charge in [0.2, 0.25) is 0 Å². The van der Waals surface area contributed by atoms with Crippen molar-refractivity contribution in [3.05, 3.63) is 23.8 Å². The molecule has 1 aromatic rings. The molecule has 1 aromatic carbocycles. The summed E-state index contributed by atoms with van der Waals surface area (Å²) in [7, 11) is 3.28. The number of ketones is 1. The van der Waals surface area contributed by atoms with Crippen molar-refractivity contribution < 1.29 is 14.3 Å². The lowest BCUT2D eigenvalue weighted by molar-refractivity contribution is -0.125. The first-order chi connectivity index (χ1) is 10.0. The van der Waals surface area contributed by atoms with Crippen molar-refractivity contribution >= 4 is 5.78 Å². The van der Waals surface area contributed by atoms with Gasteiger partial charge in [-0.2, -0.15) is 0 Å². The maximum atomic E-state index is 12.2. The molecule has 1 saturated carbocycles. The smallest absolute Gasteiger partial charge is 0.160 e. The zero-order valence-electron chi connectivity index (χ0n) is 13.5. The van der Waals surface area contributed by atoms with Crippen LogP contribution in [0.2, 0.25) is 0 Å². The Bertz CT molecular complexity index is 493. The zero-order valence-corrected chi connectivity index (χ0v) is 13.5. The van der Waals surface area contributed by atoms with Crippen molar-refractivity contribution in [1.29, 1.82) is 0 Å². The monoisotopic (exact) mass is 290 g/mol. The van der Waals surface area contributed by atoms with E-state index in [9.17, 15) is 4.79 Å².